The van der Waals surface area contributed by atoms with Crippen LogP contribution in [0.5, 0.6) is 5.75 Å². The van der Waals surface area contributed by atoms with Crippen molar-refractivity contribution in [2.75, 3.05) is 27.2 Å². The lowest BCUT2D eigenvalue weighted by atomic mass is 10.1. The maximum Gasteiger partial charge on any atom is 0.142 e. The third-order valence-electron chi connectivity index (χ3n) is 2.68. The van der Waals surface area contributed by atoms with Gasteiger partial charge in [-0.3, -0.25) is 0 Å². The summed E-state index contributed by atoms with van der Waals surface area (Å²) in [5.41, 5.74) is 1.01. The second-order valence-corrected chi connectivity index (χ2v) is 6.97. The Bertz CT molecular complexity index is 442. The van der Waals surface area contributed by atoms with Crippen molar-refractivity contribution in [3.05, 3.63) is 27.7 Å². The van der Waals surface area contributed by atoms with Crippen LogP contribution in [0.3, 0.4) is 0 Å². The van der Waals surface area contributed by atoms with Gasteiger partial charge in [0.25, 0.3) is 0 Å². The van der Waals surface area contributed by atoms with Gasteiger partial charge in [-0.2, -0.15) is 0 Å². The smallest absolute Gasteiger partial charge is 0.142 e. The SMILES string of the molecule is CN(C)CCOc1c(Cl)cc(Cl)cc1CNC(C)(C)C. The van der Waals surface area contributed by atoms with Crippen LogP contribution in [0.1, 0.15) is 26.3 Å². The highest BCUT2D eigenvalue weighted by Crippen LogP contribution is 2.32. The lowest BCUT2D eigenvalue weighted by Crippen LogP contribution is -2.35. The summed E-state index contributed by atoms with van der Waals surface area (Å²) in [5.74, 6) is 0.717. The van der Waals surface area contributed by atoms with Gasteiger partial charge in [0.2, 0.25) is 0 Å². The molecule has 1 rings (SSSR count). The minimum Gasteiger partial charge on any atom is -0.490 e. The Morgan fingerprint density at radius 1 is 1.20 bits per heavy atom. The lowest BCUT2D eigenvalue weighted by Gasteiger charge is -2.22. The van der Waals surface area contributed by atoms with E-state index in [9.17, 15) is 0 Å². The van der Waals surface area contributed by atoms with Crippen LogP contribution >= 0.6 is 23.2 Å². The second-order valence-electron chi connectivity index (χ2n) is 6.13. The molecule has 114 valence electrons. The standard InChI is InChI=1S/C15H24Cl2N2O/c1-15(2,3)18-10-11-8-12(16)9-13(17)14(11)20-7-6-19(4)5/h8-9,18H,6-7,10H2,1-5H3. The summed E-state index contributed by atoms with van der Waals surface area (Å²) in [4.78, 5) is 2.07. The Hall–Kier alpha value is -0.480. The van der Waals surface area contributed by atoms with Crippen molar-refractivity contribution in [2.24, 2.45) is 0 Å². The first kappa shape index (κ1) is 17.6. The first-order chi connectivity index (χ1) is 9.19. The average molecular weight is 319 g/mol. The number of halogens is 2. The number of likely N-dealkylation sites (N-methyl/N-ethyl adjacent to an activating group) is 1. The molecule has 1 aromatic carbocycles. The summed E-state index contributed by atoms with van der Waals surface area (Å²) < 4.78 is 5.83. The van der Waals surface area contributed by atoms with Gasteiger partial charge in [0.1, 0.15) is 12.4 Å². The molecule has 1 aromatic rings. The number of rotatable bonds is 6. The van der Waals surface area contributed by atoms with Gasteiger partial charge in [-0.15, -0.1) is 0 Å². The molecule has 0 aromatic heterocycles. The predicted octanol–water partition coefficient (Wildman–Crippen LogP) is 3.82. The van der Waals surface area contributed by atoms with Crippen LogP contribution < -0.4 is 10.1 Å². The first-order valence-electron chi connectivity index (χ1n) is 6.69. The van der Waals surface area contributed by atoms with Gasteiger partial charge in [0.15, 0.2) is 0 Å². The zero-order chi connectivity index (χ0) is 15.3. The highest BCUT2D eigenvalue weighted by Gasteiger charge is 2.14. The van der Waals surface area contributed by atoms with Gasteiger partial charge in [0, 0.05) is 29.2 Å². The average Bonchev–Trinajstić information content (AvgIpc) is 2.27. The molecule has 1 N–H and O–H groups in total. The molecule has 0 unspecified atom stereocenters. The van der Waals surface area contributed by atoms with Gasteiger partial charge in [-0.1, -0.05) is 23.2 Å². The van der Waals surface area contributed by atoms with E-state index in [-0.39, 0.29) is 5.54 Å². The number of ether oxygens (including phenoxy) is 1. The first-order valence-corrected chi connectivity index (χ1v) is 7.45. The molecular weight excluding hydrogens is 295 g/mol. The number of benzene rings is 1. The Labute approximate surface area is 132 Å². The van der Waals surface area contributed by atoms with Crippen molar-refractivity contribution < 1.29 is 4.74 Å². The van der Waals surface area contributed by atoms with Crippen molar-refractivity contribution in [3.63, 3.8) is 0 Å². The summed E-state index contributed by atoms with van der Waals surface area (Å²) in [5, 5.41) is 4.61. The van der Waals surface area contributed by atoms with Crippen molar-refractivity contribution in [2.45, 2.75) is 32.9 Å². The van der Waals surface area contributed by atoms with Crippen LogP contribution in [0, 0.1) is 0 Å². The van der Waals surface area contributed by atoms with Crippen molar-refractivity contribution >= 4 is 23.2 Å². The minimum absolute atomic E-state index is 0.0235. The van der Waals surface area contributed by atoms with Crippen LogP contribution in [-0.2, 0) is 6.54 Å². The van der Waals surface area contributed by atoms with Gasteiger partial charge in [0.05, 0.1) is 5.02 Å². The molecule has 3 nitrogen and oxygen atoms in total. The molecule has 5 heteroatoms. The van der Waals surface area contributed by atoms with E-state index in [1.165, 1.54) is 0 Å². The maximum absolute atomic E-state index is 6.25. The zero-order valence-electron chi connectivity index (χ0n) is 12.9. The summed E-state index contributed by atoms with van der Waals surface area (Å²) >= 11 is 12.3. The highest BCUT2D eigenvalue weighted by atomic mass is 35.5. The lowest BCUT2D eigenvalue weighted by molar-refractivity contribution is 0.258. The highest BCUT2D eigenvalue weighted by molar-refractivity contribution is 6.35. The van der Waals surface area contributed by atoms with Gasteiger partial charge in [-0.05, 0) is 47.0 Å². The molecule has 0 aliphatic rings. The van der Waals surface area contributed by atoms with Crippen LogP contribution in [-0.4, -0.2) is 37.7 Å². The molecule has 0 amide bonds. The van der Waals surface area contributed by atoms with E-state index in [0.717, 1.165) is 17.9 Å². The fourth-order valence-corrected chi connectivity index (χ4v) is 2.19. The van der Waals surface area contributed by atoms with E-state index in [2.05, 4.69) is 31.0 Å². The van der Waals surface area contributed by atoms with Crippen LogP contribution in [0.25, 0.3) is 0 Å². The Balaban J connectivity index is 2.84. The van der Waals surface area contributed by atoms with E-state index in [0.29, 0.717) is 23.2 Å². The Kier molecular flexibility index (Phi) is 6.59. The van der Waals surface area contributed by atoms with E-state index in [1.54, 1.807) is 6.07 Å². The van der Waals surface area contributed by atoms with Gasteiger partial charge in [-0.25, -0.2) is 0 Å². The second kappa shape index (κ2) is 7.51. The largest absolute Gasteiger partial charge is 0.490 e. The van der Waals surface area contributed by atoms with Crippen LogP contribution in [0.2, 0.25) is 10.0 Å². The fourth-order valence-electron chi connectivity index (χ4n) is 1.60. The Morgan fingerprint density at radius 2 is 1.85 bits per heavy atom. The van der Waals surface area contributed by atoms with Gasteiger partial charge >= 0.3 is 0 Å². The summed E-state index contributed by atoms with van der Waals surface area (Å²) in [7, 11) is 4.02. The van der Waals surface area contributed by atoms with E-state index < -0.39 is 0 Å². The molecule has 0 bridgehead atoms. The van der Waals surface area contributed by atoms with Crippen LogP contribution in [0.15, 0.2) is 12.1 Å². The van der Waals surface area contributed by atoms with Crippen molar-refractivity contribution in [1.82, 2.24) is 10.2 Å². The molecule has 0 atom stereocenters. The number of nitrogens with one attached hydrogen (secondary N) is 1. The predicted molar refractivity (Wildman–Crippen MR) is 87.1 cm³/mol. The quantitative estimate of drug-likeness (QED) is 0.862. The number of hydrogen-bond donors (Lipinski definition) is 1. The third kappa shape index (κ3) is 6.31. The van der Waals surface area contributed by atoms with Crippen molar-refractivity contribution in [3.8, 4) is 5.75 Å². The molecule has 0 heterocycles. The normalized spacial score (nSPS) is 12.0. The minimum atomic E-state index is 0.0235. The fraction of sp³-hybridized carbons (Fsp3) is 0.600. The molecule has 0 fully saturated rings. The summed E-state index contributed by atoms with van der Waals surface area (Å²) in [6.45, 7) is 8.45. The molecule has 20 heavy (non-hydrogen) atoms. The summed E-state index contributed by atoms with van der Waals surface area (Å²) in [6, 6.07) is 3.62. The maximum atomic E-state index is 6.25. The Morgan fingerprint density at radius 3 is 2.40 bits per heavy atom. The molecule has 0 radical (unpaired) electrons. The summed E-state index contributed by atoms with van der Waals surface area (Å²) in [6.07, 6.45) is 0. The van der Waals surface area contributed by atoms with Crippen LogP contribution in [0.4, 0.5) is 0 Å². The number of hydrogen-bond acceptors (Lipinski definition) is 3. The molecule has 0 aliphatic carbocycles. The van der Waals surface area contributed by atoms with E-state index >= 15 is 0 Å². The zero-order valence-corrected chi connectivity index (χ0v) is 14.4. The molecule has 0 aliphatic heterocycles. The topological polar surface area (TPSA) is 24.5 Å². The molecule has 0 spiro atoms. The van der Waals surface area contributed by atoms with E-state index in [1.807, 2.05) is 20.2 Å². The number of nitrogens with zero attached hydrogens (tertiary/aromatic N) is 1. The van der Waals surface area contributed by atoms with Crippen molar-refractivity contribution in [1.29, 1.82) is 0 Å². The monoisotopic (exact) mass is 318 g/mol. The molecular formula is C15H24Cl2N2O. The van der Waals surface area contributed by atoms with E-state index in [4.69, 9.17) is 27.9 Å². The molecule has 0 saturated heterocycles. The van der Waals surface area contributed by atoms with Gasteiger partial charge < -0.3 is 15.0 Å². The third-order valence-corrected chi connectivity index (χ3v) is 3.18. The molecule has 0 saturated carbocycles.